The summed E-state index contributed by atoms with van der Waals surface area (Å²) in [5, 5.41) is 3.45. The molecule has 2 rings (SSSR count). The second-order valence-corrected chi connectivity index (χ2v) is 5.06. The van der Waals surface area contributed by atoms with Crippen LogP contribution in [0.4, 0.5) is 0 Å². The van der Waals surface area contributed by atoms with Crippen molar-refractivity contribution in [3.05, 3.63) is 40.9 Å². The van der Waals surface area contributed by atoms with Crippen LogP contribution in [-0.2, 0) is 21.0 Å². The van der Waals surface area contributed by atoms with Gasteiger partial charge in [0, 0.05) is 6.54 Å². The maximum Gasteiger partial charge on any atom is 0.317 e. The monoisotopic (exact) mass is 389 g/mol. The normalized spacial score (nSPS) is 11.1. The molecule has 0 saturated carbocycles. The largest absolute Gasteiger partial charge is 0.465 e. The molecule has 7 nitrogen and oxygen atoms in total. The van der Waals surface area contributed by atoms with Gasteiger partial charge >= 0.3 is 5.97 Å². The third kappa shape index (κ3) is 5.81. The minimum atomic E-state index is -0.876. The van der Waals surface area contributed by atoms with Gasteiger partial charge in [-0.05, 0) is 26.0 Å². The summed E-state index contributed by atoms with van der Waals surface area (Å²) >= 11 is 0. The van der Waals surface area contributed by atoms with Crippen molar-refractivity contribution in [1.29, 1.82) is 0 Å². The second-order valence-electron chi connectivity index (χ2n) is 5.06. The lowest BCUT2D eigenvalue weighted by Crippen LogP contribution is -2.37. The van der Waals surface area contributed by atoms with Crippen molar-refractivity contribution >= 4 is 47.5 Å². The van der Waals surface area contributed by atoms with Crippen LogP contribution in [0.1, 0.15) is 13.8 Å². The molecule has 138 valence electrons. The molecule has 0 radical (unpaired) electrons. The van der Waals surface area contributed by atoms with E-state index in [4.69, 9.17) is 4.74 Å². The number of nitrogens with zero attached hydrogens (tertiary/aromatic N) is 2. The average molecular weight is 390 g/mol. The molecule has 9 heteroatoms. The zero-order valence-electron chi connectivity index (χ0n) is 13.9. The number of carbonyl (C=O) groups excluding carboxylic acids is 2. The fourth-order valence-corrected chi connectivity index (χ4v) is 2.18. The Morgan fingerprint density at radius 2 is 1.96 bits per heavy atom. The quantitative estimate of drug-likeness (QED) is 0.570. The molecule has 1 unspecified atom stereocenters. The maximum atomic E-state index is 12.3. The number of benzene rings is 1. The molecule has 0 bridgehead atoms. The molecular weight excluding hydrogens is 369 g/mol. The van der Waals surface area contributed by atoms with Crippen LogP contribution < -0.4 is 10.9 Å². The molecule has 0 aliphatic carbocycles. The van der Waals surface area contributed by atoms with Crippen LogP contribution in [0, 0.1) is 5.92 Å². The number of fused-ring (bicyclic) bond motifs is 1. The van der Waals surface area contributed by atoms with E-state index >= 15 is 0 Å². The number of hydrogen-bond donors (Lipinski definition) is 1. The van der Waals surface area contributed by atoms with Gasteiger partial charge in [0.05, 0.1) is 30.5 Å². The first-order valence-electron chi connectivity index (χ1n) is 7.36. The number of nitrogens with one attached hydrogen (secondary N) is 1. The van der Waals surface area contributed by atoms with Crippen molar-refractivity contribution < 1.29 is 14.3 Å². The number of halogens is 2. The first-order chi connectivity index (χ1) is 11.0. The number of para-hydroxylation sites is 1. The van der Waals surface area contributed by atoms with Gasteiger partial charge in [0.15, 0.2) is 0 Å². The molecular formula is C16H21Cl2N3O4. The van der Waals surface area contributed by atoms with Crippen LogP contribution >= 0.6 is 24.8 Å². The van der Waals surface area contributed by atoms with Crippen LogP contribution in [0.15, 0.2) is 35.4 Å². The Morgan fingerprint density at radius 3 is 2.60 bits per heavy atom. The highest BCUT2D eigenvalue weighted by molar-refractivity contribution is 5.98. The predicted molar refractivity (Wildman–Crippen MR) is 99.3 cm³/mol. The first-order valence-corrected chi connectivity index (χ1v) is 7.36. The minimum absolute atomic E-state index is 0. The maximum absolute atomic E-state index is 12.3. The Labute approximate surface area is 157 Å². The van der Waals surface area contributed by atoms with E-state index in [0.717, 1.165) is 0 Å². The third-order valence-electron chi connectivity index (χ3n) is 3.42. The predicted octanol–water partition coefficient (Wildman–Crippen LogP) is 1.56. The van der Waals surface area contributed by atoms with Crippen molar-refractivity contribution in [3.8, 4) is 0 Å². The molecule has 1 atom stereocenters. The van der Waals surface area contributed by atoms with E-state index in [1.165, 1.54) is 17.8 Å². The number of hydrogen-bond acceptors (Lipinski definition) is 6. The molecule has 1 aromatic carbocycles. The highest BCUT2D eigenvalue weighted by Gasteiger charge is 2.24. The van der Waals surface area contributed by atoms with E-state index in [0.29, 0.717) is 10.9 Å². The molecule has 0 fully saturated rings. The summed E-state index contributed by atoms with van der Waals surface area (Å²) in [6.45, 7) is 3.50. The number of carbonyl (C=O) groups is 2. The van der Waals surface area contributed by atoms with Crippen molar-refractivity contribution in [2.75, 3.05) is 13.2 Å². The summed E-state index contributed by atoms with van der Waals surface area (Å²) in [7, 11) is 0. The van der Waals surface area contributed by atoms with Gasteiger partial charge in [0.25, 0.3) is 5.56 Å². The Bertz CT molecular complexity index is 779. The van der Waals surface area contributed by atoms with Crippen molar-refractivity contribution in [2.45, 2.75) is 20.5 Å². The molecule has 2 aromatic rings. The number of aromatic nitrogens is 2. The fraction of sp³-hybridized carbons (Fsp3) is 0.375. The van der Waals surface area contributed by atoms with E-state index in [1.54, 1.807) is 25.1 Å². The summed E-state index contributed by atoms with van der Waals surface area (Å²) in [6, 6.07) is 7.06. The van der Waals surface area contributed by atoms with Gasteiger partial charge in [-0.15, -0.1) is 24.8 Å². The minimum Gasteiger partial charge on any atom is -0.465 e. The van der Waals surface area contributed by atoms with Gasteiger partial charge in [-0.25, -0.2) is 4.98 Å². The molecule has 0 saturated heterocycles. The first kappa shape index (κ1) is 23.0. The van der Waals surface area contributed by atoms with Gasteiger partial charge in [-0.3, -0.25) is 24.3 Å². The van der Waals surface area contributed by atoms with E-state index < -0.39 is 11.9 Å². The lowest BCUT2D eigenvalue weighted by atomic mass is 10.1. The van der Waals surface area contributed by atoms with Crippen molar-refractivity contribution in [3.63, 3.8) is 0 Å². The summed E-state index contributed by atoms with van der Waals surface area (Å²) in [6.07, 6.45) is 1.44. The SMILES string of the molecule is CCOC(=O)C(CNCn1cnc2ccccc2c1=O)C(C)=O.Cl.Cl. The highest BCUT2D eigenvalue weighted by atomic mass is 35.5. The third-order valence-corrected chi connectivity index (χ3v) is 3.42. The van der Waals surface area contributed by atoms with E-state index in [-0.39, 0.29) is 56.0 Å². The zero-order chi connectivity index (χ0) is 16.8. The highest BCUT2D eigenvalue weighted by Crippen LogP contribution is 2.04. The molecule has 0 amide bonds. The summed E-state index contributed by atoms with van der Waals surface area (Å²) in [5.74, 6) is -1.71. The van der Waals surface area contributed by atoms with Crippen molar-refractivity contribution in [1.82, 2.24) is 14.9 Å². The number of ether oxygens (including phenoxy) is 1. The lowest BCUT2D eigenvalue weighted by Gasteiger charge is -2.14. The number of Topliss-reactive ketones (excluding diaryl/α,β-unsaturated/α-hetero) is 1. The van der Waals surface area contributed by atoms with E-state index in [2.05, 4.69) is 10.3 Å². The van der Waals surface area contributed by atoms with Gasteiger partial charge in [-0.1, -0.05) is 12.1 Å². The Kier molecular flexibility index (Phi) is 9.96. The zero-order valence-corrected chi connectivity index (χ0v) is 15.6. The van der Waals surface area contributed by atoms with Crippen LogP contribution in [-0.4, -0.2) is 34.5 Å². The van der Waals surface area contributed by atoms with Gasteiger partial charge < -0.3 is 4.74 Å². The van der Waals surface area contributed by atoms with Gasteiger partial charge in [0.2, 0.25) is 0 Å². The Hall–Kier alpha value is -1.96. The fourth-order valence-electron chi connectivity index (χ4n) is 2.18. The molecule has 0 spiro atoms. The smallest absolute Gasteiger partial charge is 0.317 e. The van der Waals surface area contributed by atoms with Crippen LogP contribution in [0.5, 0.6) is 0 Å². The molecule has 1 heterocycles. The Morgan fingerprint density at radius 1 is 1.28 bits per heavy atom. The second kappa shape index (κ2) is 10.8. The van der Waals surface area contributed by atoms with Gasteiger partial charge in [-0.2, -0.15) is 0 Å². The number of esters is 1. The van der Waals surface area contributed by atoms with Gasteiger partial charge in [0.1, 0.15) is 11.7 Å². The van der Waals surface area contributed by atoms with Crippen molar-refractivity contribution in [2.24, 2.45) is 5.92 Å². The lowest BCUT2D eigenvalue weighted by molar-refractivity contribution is -0.150. The molecule has 25 heavy (non-hydrogen) atoms. The Balaban J connectivity index is 0.00000288. The average Bonchev–Trinajstić information content (AvgIpc) is 2.53. The van der Waals surface area contributed by atoms with E-state index in [9.17, 15) is 14.4 Å². The molecule has 0 aliphatic rings. The van der Waals surface area contributed by atoms with E-state index in [1.807, 2.05) is 6.07 Å². The summed E-state index contributed by atoms with van der Waals surface area (Å²) in [4.78, 5) is 39.7. The van der Waals surface area contributed by atoms with Crippen LogP contribution in [0.25, 0.3) is 10.9 Å². The number of ketones is 1. The molecule has 1 N–H and O–H groups in total. The molecule has 0 aliphatic heterocycles. The molecule has 1 aromatic heterocycles. The topological polar surface area (TPSA) is 90.3 Å². The number of rotatable bonds is 7. The standard InChI is InChI=1S/C16H19N3O4.2ClH/c1-3-23-16(22)13(11(2)20)8-17-9-19-10-18-14-7-5-4-6-12(14)15(19)21;;/h4-7,10,13,17H,3,8-9H2,1-2H3;2*1H. The summed E-state index contributed by atoms with van der Waals surface area (Å²) < 4.78 is 6.26. The van der Waals surface area contributed by atoms with Crippen LogP contribution in [0.3, 0.4) is 0 Å². The van der Waals surface area contributed by atoms with Crippen LogP contribution in [0.2, 0.25) is 0 Å². The summed E-state index contributed by atoms with van der Waals surface area (Å²) in [5.41, 5.74) is 0.445.